The van der Waals surface area contributed by atoms with E-state index in [0.29, 0.717) is 12.1 Å². The Hall–Kier alpha value is -2.38. The Bertz CT molecular complexity index is 498. The summed E-state index contributed by atoms with van der Waals surface area (Å²) in [7, 11) is 3.51. The van der Waals surface area contributed by atoms with Crippen molar-refractivity contribution < 1.29 is 4.79 Å². The highest BCUT2D eigenvalue weighted by atomic mass is 16.1. The van der Waals surface area contributed by atoms with Gasteiger partial charge in [0.2, 0.25) is 5.84 Å². The van der Waals surface area contributed by atoms with Crippen LogP contribution in [0.4, 0.5) is 0 Å². The number of nitrogens with one attached hydrogen (secondary N) is 1. The summed E-state index contributed by atoms with van der Waals surface area (Å²) < 4.78 is 0. The van der Waals surface area contributed by atoms with Crippen LogP contribution < -0.4 is 11.3 Å². The lowest BCUT2D eigenvalue weighted by atomic mass is 10.3. The maximum absolute atomic E-state index is 10.7. The van der Waals surface area contributed by atoms with Crippen LogP contribution in [-0.2, 0) is 4.79 Å². The number of carbonyl (C=O) groups excluding carboxylic acids is 1. The van der Waals surface area contributed by atoms with Gasteiger partial charge in [-0.3, -0.25) is 4.79 Å². The van der Waals surface area contributed by atoms with Crippen LogP contribution >= 0.6 is 0 Å². The zero-order valence-corrected chi connectivity index (χ0v) is 13.9. The zero-order chi connectivity index (χ0) is 17.1. The van der Waals surface area contributed by atoms with Crippen molar-refractivity contribution >= 4 is 29.8 Å². The van der Waals surface area contributed by atoms with Crippen LogP contribution in [0.25, 0.3) is 0 Å². The summed E-state index contributed by atoms with van der Waals surface area (Å²) in [6.45, 7) is 8.01. The zero-order valence-electron chi connectivity index (χ0n) is 13.9. The van der Waals surface area contributed by atoms with Gasteiger partial charge in [0.25, 0.3) is 5.91 Å². The first-order chi connectivity index (χ1) is 10.2. The lowest BCUT2D eigenvalue weighted by Gasteiger charge is -2.07. The summed E-state index contributed by atoms with van der Waals surface area (Å²) in [5.41, 5.74) is 7.68. The third kappa shape index (κ3) is 9.51. The molecule has 9 heteroatoms. The van der Waals surface area contributed by atoms with Crippen molar-refractivity contribution in [2.75, 3.05) is 14.1 Å². The number of hydrazine groups is 1. The molecule has 0 atom stereocenters. The molecular formula is C13H24N8O. The number of amidine groups is 1. The smallest absolute Gasteiger partial charge is 0.271 e. The van der Waals surface area contributed by atoms with Crippen LogP contribution in [0.2, 0.25) is 0 Å². The lowest BCUT2D eigenvalue weighted by Crippen LogP contribution is -2.32. The van der Waals surface area contributed by atoms with Gasteiger partial charge in [0, 0.05) is 14.1 Å². The Kier molecular flexibility index (Phi) is 9.24. The summed E-state index contributed by atoms with van der Waals surface area (Å²) in [5, 5.41) is 5.39. The average molecular weight is 308 g/mol. The molecular weight excluding hydrogens is 284 g/mol. The number of primary amides is 1. The number of nitrogens with two attached hydrogens (primary N) is 1. The molecule has 1 rings (SSSR count). The molecule has 0 unspecified atom stereocenters. The normalized spacial score (nSPS) is 14.6. The van der Waals surface area contributed by atoms with Crippen molar-refractivity contribution in [2.45, 2.75) is 39.8 Å². The summed E-state index contributed by atoms with van der Waals surface area (Å²) in [6, 6.07) is 3.26. The molecule has 0 fully saturated rings. The van der Waals surface area contributed by atoms with Crippen molar-refractivity contribution in [2.24, 2.45) is 30.8 Å². The predicted molar refractivity (Wildman–Crippen MR) is 89.5 cm³/mol. The molecule has 0 aromatic carbocycles. The van der Waals surface area contributed by atoms with Gasteiger partial charge in [0.1, 0.15) is 6.34 Å². The minimum Gasteiger partial charge on any atom is -0.364 e. The van der Waals surface area contributed by atoms with Crippen LogP contribution in [0, 0.1) is 0 Å². The molecule has 0 saturated heterocycles. The maximum Gasteiger partial charge on any atom is 0.271 e. The molecule has 1 aliphatic heterocycles. The summed E-state index contributed by atoms with van der Waals surface area (Å²) >= 11 is 0. The monoisotopic (exact) mass is 308 g/mol. The molecule has 3 N–H and O–H groups in total. The first-order valence-corrected chi connectivity index (χ1v) is 6.79. The van der Waals surface area contributed by atoms with E-state index in [1.54, 1.807) is 19.1 Å². The fourth-order valence-electron chi connectivity index (χ4n) is 0.927. The summed E-state index contributed by atoms with van der Waals surface area (Å²) in [5.74, 6) is -0.446. The van der Waals surface area contributed by atoms with E-state index in [1.807, 2.05) is 27.7 Å². The number of rotatable bonds is 5. The van der Waals surface area contributed by atoms with E-state index in [2.05, 4.69) is 36.6 Å². The van der Waals surface area contributed by atoms with Crippen molar-refractivity contribution in [1.82, 2.24) is 10.5 Å². The van der Waals surface area contributed by atoms with Crippen molar-refractivity contribution in [3.05, 3.63) is 0 Å². The van der Waals surface area contributed by atoms with E-state index in [4.69, 9.17) is 5.73 Å². The highest BCUT2D eigenvalue weighted by Crippen LogP contribution is 1.93. The SMILES string of the molecule is CC(C)N=C=NC(C)C.CN(C)N/N=C1\N=CN=C1C(N)=O. The maximum atomic E-state index is 10.7. The van der Waals surface area contributed by atoms with Crippen LogP contribution in [0.15, 0.2) is 25.1 Å². The van der Waals surface area contributed by atoms with Crippen LogP contribution in [-0.4, -0.2) is 61.0 Å². The second kappa shape index (κ2) is 10.4. The number of hydrogen-bond donors (Lipinski definition) is 2. The number of nitrogens with zero attached hydrogens (tertiary/aromatic N) is 6. The van der Waals surface area contributed by atoms with Crippen molar-refractivity contribution in [3.63, 3.8) is 0 Å². The highest BCUT2D eigenvalue weighted by molar-refractivity contribution is 6.68. The number of hydrazone groups is 1. The van der Waals surface area contributed by atoms with E-state index in [-0.39, 0.29) is 11.5 Å². The predicted octanol–water partition coefficient (Wildman–Crippen LogP) is 0.311. The van der Waals surface area contributed by atoms with Crippen LogP contribution in [0.3, 0.4) is 0 Å². The first-order valence-electron chi connectivity index (χ1n) is 6.79. The summed E-state index contributed by atoms with van der Waals surface area (Å²) in [4.78, 5) is 26.0. The minimum atomic E-state index is -0.642. The minimum absolute atomic E-state index is 0.0642. The molecule has 0 aromatic rings. The van der Waals surface area contributed by atoms with Gasteiger partial charge in [0.05, 0.1) is 18.1 Å². The van der Waals surface area contributed by atoms with E-state index in [1.165, 1.54) is 6.34 Å². The largest absolute Gasteiger partial charge is 0.364 e. The molecule has 0 aliphatic carbocycles. The van der Waals surface area contributed by atoms with Crippen molar-refractivity contribution in [3.8, 4) is 0 Å². The Balaban J connectivity index is 0.000000433. The average Bonchev–Trinajstić information content (AvgIpc) is 2.84. The number of carbonyl (C=O) groups is 1. The number of amides is 1. The van der Waals surface area contributed by atoms with Crippen LogP contribution in [0.5, 0.6) is 0 Å². The van der Waals surface area contributed by atoms with Crippen LogP contribution in [0.1, 0.15) is 27.7 Å². The Morgan fingerprint density at radius 2 is 1.82 bits per heavy atom. The Morgan fingerprint density at radius 3 is 2.23 bits per heavy atom. The second-order valence-corrected chi connectivity index (χ2v) is 5.06. The molecule has 0 radical (unpaired) electrons. The van der Waals surface area contributed by atoms with Crippen molar-refractivity contribution in [1.29, 1.82) is 0 Å². The molecule has 0 saturated carbocycles. The third-order valence-electron chi connectivity index (χ3n) is 1.80. The Labute approximate surface area is 130 Å². The molecule has 122 valence electrons. The van der Waals surface area contributed by atoms with E-state index < -0.39 is 5.91 Å². The van der Waals surface area contributed by atoms with E-state index in [9.17, 15) is 4.79 Å². The molecule has 1 heterocycles. The van der Waals surface area contributed by atoms with Gasteiger partial charge in [-0.15, -0.1) is 5.10 Å². The molecule has 0 aromatic heterocycles. The first kappa shape index (κ1) is 19.6. The molecule has 1 aliphatic rings. The van der Waals surface area contributed by atoms with Gasteiger partial charge in [-0.05, 0) is 27.7 Å². The number of hydrogen-bond acceptors (Lipinski definition) is 7. The van der Waals surface area contributed by atoms with Gasteiger partial charge in [0.15, 0.2) is 5.71 Å². The molecule has 22 heavy (non-hydrogen) atoms. The van der Waals surface area contributed by atoms with Gasteiger partial charge in [-0.2, -0.15) is 0 Å². The van der Waals surface area contributed by atoms with E-state index >= 15 is 0 Å². The second-order valence-electron chi connectivity index (χ2n) is 5.06. The lowest BCUT2D eigenvalue weighted by molar-refractivity contribution is -0.111. The number of aliphatic imine (C=N–C) groups is 4. The van der Waals surface area contributed by atoms with E-state index in [0.717, 1.165) is 0 Å². The van der Waals surface area contributed by atoms with Gasteiger partial charge >= 0.3 is 0 Å². The topological polar surface area (TPSA) is 120 Å². The molecule has 0 spiro atoms. The summed E-state index contributed by atoms with van der Waals surface area (Å²) in [6.07, 6.45) is 1.23. The standard InChI is InChI=1S/C7H14N2.C6H10N6O/c1-6(2)8-5-9-7(3)4;1-12(2)11-10-6-4(5(7)13)8-3-9-6/h6-7H,1-4H3;3,11H,1-2H3,(H2,7,13)/b;10-6-. The molecule has 1 amide bonds. The quantitative estimate of drug-likeness (QED) is 0.561. The van der Waals surface area contributed by atoms with Gasteiger partial charge < -0.3 is 5.73 Å². The fraction of sp³-hybridized carbons (Fsp3) is 0.615. The highest BCUT2D eigenvalue weighted by Gasteiger charge is 2.17. The third-order valence-corrected chi connectivity index (χ3v) is 1.80. The van der Waals surface area contributed by atoms with Gasteiger partial charge in [-0.25, -0.2) is 30.5 Å². The molecule has 0 bridgehead atoms. The fourth-order valence-corrected chi connectivity index (χ4v) is 0.927. The van der Waals surface area contributed by atoms with Gasteiger partial charge in [-0.1, -0.05) is 0 Å². The Morgan fingerprint density at radius 1 is 1.27 bits per heavy atom. The molecule has 9 nitrogen and oxygen atoms in total.